The van der Waals surface area contributed by atoms with Crippen LogP contribution in [0.4, 0.5) is 0 Å². The van der Waals surface area contributed by atoms with Crippen molar-refractivity contribution in [2.24, 2.45) is 11.3 Å². The van der Waals surface area contributed by atoms with Gasteiger partial charge >= 0.3 is 0 Å². The van der Waals surface area contributed by atoms with E-state index in [-0.39, 0.29) is 5.41 Å². The predicted octanol–water partition coefficient (Wildman–Crippen LogP) is 0.297. The molecule has 0 aromatic heterocycles. The fourth-order valence-electron chi connectivity index (χ4n) is 3.66. The first-order valence-corrected chi connectivity index (χ1v) is 4.98. The molecule has 2 N–H and O–H groups in total. The molecule has 0 aromatic carbocycles. The summed E-state index contributed by atoms with van der Waals surface area (Å²) >= 11 is 0. The first-order chi connectivity index (χ1) is 5.94. The summed E-state index contributed by atoms with van der Waals surface area (Å²) in [4.78, 5) is 0. The fourth-order valence-corrected chi connectivity index (χ4v) is 3.66. The van der Waals surface area contributed by atoms with E-state index in [4.69, 9.17) is 4.74 Å². The summed E-state index contributed by atoms with van der Waals surface area (Å²) < 4.78 is 5.64. The van der Waals surface area contributed by atoms with Gasteiger partial charge in [0.15, 0.2) is 0 Å². The third-order valence-electron chi connectivity index (χ3n) is 5.02. The first kappa shape index (κ1) is 8.21. The molecule has 13 heavy (non-hydrogen) atoms. The lowest BCUT2D eigenvalue weighted by Crippen LogP contribution is -2.75. The van der Waals surface area contributed by atoms with Crippen LogP contribution in [0.2, 0.25) is 0 Å². The molecule has 4 bridgehead atoms. The molecule has 0 aromatic rings. The molecule has 1 aliphatic heterocycles. The second-order valence-electron chi connectivity index (χ2n) is 5.33. The molecular weight excluding hydrogens is 168 g/mol. The Morgan fingerprint density at radius 3 is 2.69 bits per heavy atom. The van der Waals surface area contributed by atoms with E-state index in [9.17, 15) is 10.2 Å². The summed E-state index contributed by atoms with van der Waals surface area (Å²) in [6.45, 7) is 4.53. The van der Waals surface area contributed by atoms with Crippen LogP contribution in [0.3, 0.4) is 0 Å². The zero-order valence-electron chi connectivity index (χ0n) is 8.08. The van der Waals surface area contributed by atoms with Gasteiger partial charge in [0, 0.05) is 5.41 Å². The van der Waals surface area contributed by atoms with Crippen molar-refractivity contribution >= 4 is 0 Å². The van der Waals surface area contributed by atoms with Gasteiger partial charge in [-0.15, -0.1) is 0 Å². The van der Waals surface area contributed by atoms with Crippen molar-refractivity contribution in [3.8, 4) is 0 Å². The molecular formula is C10H16O3. The quantitative estimate of drug-likeness (QED) is 0.569. The number of rotatable bonds is 0. The van der Waals surface area contributed by atoms with Gasteiger partial charge in [0.2, 0.25) is 0 Å². The standard InChI is InChI=1S/C10H16O3/c1-8-5-13-9(2)7(11)3-6(8)4-10(8,9)12/h6-7,11-12H,3-5H2,1-2H3/t6-,7-,8-,9+,10-/m0/s1. The van der Waals surface area contributed by atoms with E-state index in [1.54, 1.807) is 0 Å². The van der Waals surface area contributed by atoms with Crippen LogP contribution in [-0.2, 0) is 4.74 Å². The van der Waals surface area contributed by atoms with Gasteiger partial charge in [-0.05, 0) is 25.7 Å². The first-order valence-electron chi connectivity index (χ1n) is 4.98. The topological polar surface area (TPSA) is 49.7 Å². The Hall–Kier alpha value is -0.120. The highest BCUT2D eigenvalue weighted by Gasteiger charge is 2.79. The van der Waals surface area contributed by atoms with Crippen LogP contribution in [-0.4, -0.2) is 34.1 Å². The Morgan fingerprint density at radius 1 is 1.38 bits per heavy atom. The van der Waals surface area contributed by atoms with Gasteiger partial charge in [-0.25, -0.2) is 0 Å². The van der Waals surface area contributed by atoms with Crippen LogP contribution in [0.15, 0.2) is 0 Å². The lowest BCUT2D eigenvalue weighted by molar-refractivity contribution is -0.284. The van der Waals surface area contributed by atoms with Gasteiger partial charge < -0.3 is 14.9 Å². The normalized spacial score (nSPS) is 69.2. The largest absolute Gasteiger partial charge is 0.390 e. The Bertz CT molecular complexity index is 275. The van der Waals surface area contributed by atoms with E-state index in [0.717, 1.165) is 12.8 Å². The Balaban J connectivity index is 2.13. The number of aliphatic hydroxyl groups is 2. The van der Waals surface area contributed by atoms with E-state index in [1.807, 2.05) is 6.92 Å². The minimum Gasteiger partial charge on any atom is -0.390 e. The minimum absolute atomic E-state index is 0.0963. The fraction of sp³-hybridized carbons (Fsp3) is 1.00. The maximum Gasteiger partial charge on any atom is 0.120 e. The SMILES string of the molecule is C[C@]12CO[C@]3(C)[C@@H](O)C[C@H]1C[C@]23O. The third kappa shape index (κ3) is 0.551. The van der Waals surface area contributed by atoms with Crippen molar-refractivity contribution in [2.75, 3.05) is 6.61 Å². The summed E-state index contributed by atoms with van der Waals surface area (Å²) in [5, 5.41) is 20.3. The molecule has 0 spiro atoms. The van der Waals surface area contributed by atoms with E-state index in [1.165, 1.54) is 0 Å². The molecule has 3 aliphatic carbocycles. The van der Waals surface area contributed by atoms with Gasteiger partial charge in [-0.1, -0.05) is 6.92 Å². The molecule has 3 heteroatoms. The van der Waals surface area contributed by atoms with Crippen LogP contribution in [0.5, 0.6) is 0 Å². The molecule has 4 aliphatic rings. The van der Waals surface area contributed by atoms with E-state index in [0.29, 0.717) is 12.5 Å². The van der Waals surface area contributed by atoms with Crippen LogP contribution in [0, 0.1) is 11.3 Å². The number of fused-ring (bicyclic) bond motifs is 1. The summed E-state index contributed by atoms with van der Waals surface area (Å²) in [5.74, 6) is 0.447. The number of hydrogen-bond donors (Lipinski definition) is 2. The molecule has 0 radical (unpaired) electrons. The summed E-state index contributed by atoms with van der Waals surface area (Å²) in [6.07, 6.45) is 1.10. The highest BCUT2D eigenvalue weighted by Crippen LogP contribution is 2.70. The molecule has 1 heterocycles. The Kier molecular flexibility index (Phi) is 1.14. The van der Waals surface area contributed by atoms with Crippen molar-refractivity contribution in [2.45, 2.75) is 44.0 Å². The van der Waals surface area contributed by atoms with Gasteiger partial charge in [0.1, 0.15) is 11.2 Å². The van der Waals surface area contributed by atoms with E-state index < -0.39 is 17.3 Å². The van der Waals surface area contributed by atoms with Crippen molar-refractivity contribution < 1.29 is 14.9 Å². The average molecular weight is 184 g/mol. The highest BCUT2D eigenvalue weighted by atomic mass is 16.5. The number of aliphatic hydroxyl groups excluding tert-OH is 1. The van der Waals surface area contributed by atoms with E-state index in [2.05, 4.69) is 6.92 Å². The summed E-state index contributed by atoms with van der Waals surface area (Å²) in [7, 11) is 0. The Labute approximate surface area is 77.7 Å². The Morgan fingerprint density at radius 2 is 2.08 bits per heavy atom. The molecule has 4 rings (SSSR count). The second-order valence-corrected chi connectivity index (χ2v) is 5.33. The maximum atomic E-state index is 10.4. The molecule has 4 fully saturated rings. The highest BCUT2D eigenvalue weighted by molar-refractivity contribution is 5.28. The van der Waals surface area contributed by atoms with Crippen LogP contribution < -0.4 is 0 Å². The predicted molar refractivity (Wildman–Crippen MR) is 46.1 cm³/mol. The molecule has 0 amide bonds. The summed E-state index contributed by atoms with van der Waals surface area (Å²) in [5.41, 5.74) is -1.58. The van der Waals surface area contributed by atoms with Gasteiger partial charge in [-0.3, -0.25) is 0 Å². The smallest absolute Gasteiger partial charge is 0.120 e. The van der Waals surface area contributed by atoms with Crippen molar-refractivity contribution in [3.63, 3.8) is 0 Å². The zero-order valence-corrected chi connectivity index (χ0v) is 8.08. The molecule has 3 saturated carbocycles. The van der Waals surface area contributed by atoms with Crippen LogP contribution >= 0.6 is 0 Å². The summed E-state index contributed by atoms with van der Waals surface area (Å²) in [6, 6.07) is 0. The second kappa shape index (κ2) is 1.81. The molecule has 5 atom stereocenters. The van der Waals surface area contributed by atoms with Crippen molar-refractivity contribution in [1.29, 1.82) is 0 Å². The lowest BCUT2D eigenvalue weighted by Gasteiger charge is -2.65. The maximum absolute atomic E-state index is 10.4. The monoisotopic (exact) mass is 184 g/mol. The molecule has 74 valence electrons. The number of hydrogen-bond acceptors (Lipinski definition) is 3. The van der Waals surface area contributed by atoms with E-state index >= 15 is 0 Å². The van der Waals surface area contributed by atoms with Crippen LogP contribution in [0.1, 0.15) is 26.7 Å². The number of ether oxygens (including phenoxy) is 1. The minimum atomic E-state index is -0.775. The van der Waals surface area contributed by atoms with Crippen molar-refractivity contribution in [1.82, 2.24) is 0 Å². The molecule has 0 unspecified atom stereocenters. The molecule has 3 nitrogen and oxygen atoms in total. The van der Waals surface area contributed by atoms with Gasteiger partial charge in [0.05, 0.1) is 12.7 Å². The van der Waals surface area contributed by atoms with Gasteiger partial charge in [-0.2, -0.15) is 0 Å². The molecule has 1 saturated heterocycles. The van der Waals surface area contributed by atoms with Crippen molar-refractivity contribution in [3.05, 3.63) is 0 Å². The van der Waals surface area contributed by atoms with Gasteiger partial charge in [0.25, 0.3) is 0 Å². The average Bonchev–Trinajstić information content (AvgIpc) is 2.17. The lowest BCUT2D eigenvalue weighted by atomic mass is 9.42. The third-order valence-corrected chi connectivity index (χ3v) is 5.02. The zero-order chi connectivity index (χ0) is 9.48. The van der Waals surface area contributed by atoms with Crippen LogP contribution in [0.25, 0.3) is 0 Å².